The first kappa shape index (κ1) is 8.41. The molecular formula is C11H12O3. The molecule has 3 nitrogen and oxygen atoms in total. The van der Waals surface area contributed by atoms with Crippen LogP contribution < -0.4 is 0 Å². The van der Waals surface area contributed by atoms with Crippen LogP contribution in [0.2, 0.25) is 0 Å². The number of fused-ring (bicyclic) bond motifs is 1. The highest BCUT2D eigenvalue weighted by molar-refractivity contribution is 5.21. The molecule has 0 bridgehead atoms. The molecule has 0 saturated carbocycles. The standard InChI is InChI=1S/C11H12O3/c1-7-9-11(12-9)10(14-13-7)8-5-3-2-4-6-8/h2-7,9-11H,1H3/t7-,9+,10+,11+/m1/s1. The maximum atomic E-state index is 5.51. The maximum absolute atomic E-state index is 5.51. The van der Waals surface area contributed by atoms with Gasteiger partial charge in [-0.15, -0.1) is 0 Å². The van der Waals surface area contributed by atoms with E-state index in [0.29, 0.717) is 0 Å². The molecule has 0 amide bonds. The second kappa shape index (κ2) is 3.05. The van der Waals surface area contributed by atoms with Gasteiger partial charge in [0.1, 0.15) is 24.4 Å². The summed E-state index contributed by atoms with van der Waals surface area (Å²) in [6.45, 7) is 1.96. The van der Waals surface area contributed by atoms with Crippen LogP contribution in [0.1, 0.15) is 18.6 Å². The van der Waals surface area contributed by atoms with E-state index in [-0.39, 0.29) is 24.4 Å². The molecule has 3 heteroatoms. The Kier molecular flexibility index (Phi) is 1.83. The lowest BCUT2D eigenvalue weighted by atomic mass is 10.0. The third-order valence-corrected chi connectivity index (χ3v) is 2.76. The fourth-order valence-electron chi connectivity index (χ4n) is 1.90. The Morgan fingerprint density at radius 3 is 2.57 bits per heavy atom. The Morgan fingerprint density at radius 2 is 1.79 bits per heavy atom. The van der Waals surface area contributed by atoms with Gasteiger partial charge in [-0.3, -0.25) is 0 Å². The summed E-state index contributed by atoms with van der Waals surface area (Å²) in [7, 11) is 0. The fourth-order valence-corrected chi connectivity index (χ4v) is 1.90. The molecule has 1 aromatic rings. The molecule has 2 fully saturated rings. The predicted molar refractivity (Wildman–Crippen MR) is 49.5 cm³/mol. The first-order valence-corrected chi connectivity index (χ1v) is 4.89. The Bertz CT molecular complexity index is 325. The minimum atomic E-state index is -0.0580. The summed E-state index contributed by atoms with van der Waals surface area (Å²) < 4.78 is 5.51. The van der Waals surface area contributed by atoms with E-state index in [1.165, 1.54) is 0 Å². The maximum Gasteiger partial charge on any atom is 0.147 e. The molecule has 2 aliphatic heterocycles. The molecule has 3 rings (SSSR count). The number of benzene rings is 1. The van der Waals surface area contributed by atoms with E-state index >= 15 is 0 Å². The van der Waals surface area contributed by atoms with Crippen LogP contribution >= 0.6 is 0 Å². The van der Waals surface area contributed by atoms with Crippen molar-refractivity contribution >= 4 is 0 Å². The highest BCUT2D eigenvalue weighted by Crippen LogP contribution is 2.43. The number of hydrogen-bond donors (Lipinski definition) is 0. The molecule has 0 spiro atoms. The normalized spacial score (nSPS) is 40.4. The summed E-state index contributed by atoms with van der Waals surface area (Å²) in [6.07, 6.45) is 0.396. The van der Waals surface area contributed by atoms with Gasteiger partial charge in [-0.05, 0) is 12.5 Å². The van der Waals surface area contributed by atoms with E-state index in [0.717, 1.165) is 5.56 Å². The van der Waals surface area contributed by atoms with Crippen molar-refractivity contribution < 1.29 is 14.5 Å². The van der Waals surface area contributed by atoms with Gasteiger partial charge in [0, 0.05) is 0 Å². The van der Waals surface area contributed by atoms with Crippen LogP contribution in [0.4, 0.5) is 0 Å². The van der Waals surface area contributed by atoms with E-state index in [4.69, 9.17) is 14.5 Å². The summed E-state index contributed by atoms with van der Waals surface area (Å²) in [4.78, 5) is 10.5. The molecule has 1 aromatic carbocycles. The third-order valence-electron chi connectivity index (χ3n) is 2.76. The van der Waals surface area contributed by atoms with Gasteiger partial charge in [-0.2, -0.15) is 0 Å². The third kappa shape index (κ3) is 1.25. The summed E-state index contributed by atoms with van der Waals surface area (Å²) in [5.74, 6) is 0. The molecule has 4 atom stereocenters. The van der Waals surface area contributed by atoms with Crippen molar-refractivity contribution in [3.8, 4) is 0 Å². The smallest absolute Gasteiger partial charge is 0.147 e. The molecule has 0 aromatic heterocycles. The number of ether oxygens (including phenoxy) is 1. The molecule has 2 saturated heterocycles. The summed E-state index contributed by atoms with van der Waals surface area (Å²) >= 11 is 0. The van der Waals surface area contributed by atoms with E-state index < -0.39 is 0 Å². The Labute approximate surface area is 82.5 Å². The SMILES string of the molecule is C[C@H]1OO[C@@H](c2ccccc2)[C@H]2O[C@H]21. The van der Waals surface area contributed by atoms with Crippen molar-refractivity contribution in [1.29, 1.82) is 0 Å². The molecule has 0 N–H and O–H groups in total. The minimum Gasteiger partial charge on any atom is -0.363 e. The molecule has 2 heterocycles. The van der Waals surface area contributed by atoms with Crippen molar-refractivity contribution in [3.63, 3.8) is 0 Å². The molecule has 0 aliphatic carbocycles. The molecule has 0 radical (unpaired) electrons. The van der Waals surface area contributed by atoms with Gasteiger partial charge in [-0.25, -0.2) is 9.78 Å². The van der Waals surface area contributed by atoms with Gasteiger partial charge >= 0.3 is 0 Å². The number of rotatable bonds is 1. The molecule has 2 aliphatic rings. The van der Waals surface area contributed by atoms with Gasteiger partial charge in [0.15, 0.2) is 0 Å². The second-order valence-electron chi connectivity index (χ2n) is 3.79. The monoisotopic (exact) mass is 192 g/mol. The van der Waals surface area contributed by atoms with Gasteiger partial charge in [0.05, 0.1) is 0 Å². The molecular weight excluding hydrogens is 180 g/mol. The van der Waals surface area contributed by atoms with E-state index in [2.05, 4.69) is 0 Å². The van der Waals surface area contributed by atoms with Crippen LogP contribution in [0.5, 0.6) is 0 Å². The van der Waals surface area contributed by atoms with E-state index in [1.54, 1.807) is 0 Å². The van der Waals surface area contributed by atoms with E-state index in [1.807, 2.05) is 37.3 Å². The van der Waals surface area contributed by atoms with Crippen LogP contribution in [-0.4, -0.2) is 18.3 Å². The van der Waals surface area contributed by atoms with Crippen LogP contribution in [0, 0.1) is 0 Å². The van der Waals surface area contributed by atoms with Crippen molar-refractivity contribution in [1.82, 2.24) is 0 Å². The average molecular weight is 192 g/mol. The zero-order valence-electron chi connectivity index (χ0n) is 7.92. The Hall–Kier alpha value is -0.900. The Balaban J connectivity index is 1.82. The van der Waals surface area contributed by atoms with Crippen molar-refractivity contribution in [3.05, 3.63) is 35.9 Å². The lowest BCUT2D eigenvalue weighted by Crippen LogP contribution is -2.28. The minimum absolute atomic E-state index is 0.0555. The van der Waals surface area contributed by atoms with Gasteiger partial charge in [-0.1, -0.05) is 30.3 Å². The van der Waals surface area contributed by atoms with Gasteiger partial charge < -0.3 is 4.74 Å². The van der Waals surface area contributed by atoms with Crippen LogP contribution in [0.3, 0.4) is 0 Å². The first-order valence-electron chi connectivity index (χ1n) is 4.89. The topological polar surface area (TPSA) is 31.0 Å². The summed E-state index contributed by atoms with van der Waals surface area (Å²) in [5.41, 5.74) is 1.12. The number of epoxide rings is 1. The zero-order valence-corrected chi connectivity index (χ0v) is 7.92. The highest BCUT2D eigenvalue weighted by atomic mass is 17.2. The number of hydrogen-bond acceptors (Lipinski definition) is 3. The second-order valence-corrected chi connectivity index (χ2v) is 3.79. The van der Waals surface area contributed by atoms with Gasteiger partial charge in [0.25, 0.3) is 0 Å². The van der Waals surface area contributed by atoms with Crippen molar-refractivity contribution in [2.24, 2.45) is 0 Å². The quantitative estimate of drug-likeness (QED) is 0.502. The predicted octanol–water partition coefficient (Wildman–Crippen LogP) is 1.85. The molecule has 14 heavy (non-hydrogen) atoms. The largest absolute Gasteiger partial charge is 0.363 e. The Morgan fingerprint density at radius 1 is 1.00 bits per heavy atom. The highest BCUT2D eigenvalue weighted by Gasteiger charge is 2.54. The van der Waals surface area contributed by atoms with Crippen LogP contribution in [0.25, 0.3) is 0 Å². The van der Waals surface area contributed by atoms with Crippen LogP contribution in [0.15, 0.2) is 30.3 Å². The van der Waals surface area contributed by atoms with Crippen LogP contribution in [-0.2, 0) is 14.5 Å². The first-order chi connectivity index (χ1) is 6.86. The lowest BCUT2D eigenvalue weighted by molar-refractivity contribution is -0.364. The fraction of sp³-hybridized carbons (Fsp3) is 0.455. The zero-order chi connectivity index (χ0) is 9.54. The van der Waals surface area contributed by atoms with Crippen molar-refractivity contribution in [2.75, 3.05) is 0 Å². The molecule has 74 valence electrons. The average Bonchev–Trinajstić information content (AvgIpc) is 3.00. The molecule has 0 unspecified atom stereocenters. The lowest BCUT2D eigenvalue weighted by Gasteiger charge is -2.22. The summed E-state index contributed by atoms with van der Waals surface area (Å²) in [6, 6.07) is 10.0. The summed E-state index contributed by atoms with van der Waals surface area (Å²) in [5, 5.41) is 0. The van der Waals surface area contributed by atoms with Crippen molar-refractivity contribution in [2.45, 2.75) is 31.3 Å². The van der Waals surface area contributed by atoms with E-state index in [9.17, 15) is 0 Å². The van der Waals surface area contributed by atoms with Gasteiger partial charge in [0.2, 0.25) is 0 Å².